The molecule has 5 heteroatoms. The van der Waals surface area contributed by atoms with Crippen LogP contribution in [-0.4, -0.2) is 21.6 Å². The Balaban J connectivity index is 2.12. The molecule has 2 rings (SSSR count). The molecule has 1 aromatic carbocycles. The second kappa shape index (κ2) is 5.55. The van der Waals surface area contributed by atoms with Crippen molar-refractivity contribution in [3.05, 3.63) is 52.9 Å². The number of aromatic nitrogens is 2. The molecule has 0 aliphatic heterocycles. The van der Waals surface area contributed by atoms with Gasteiger partial charge in [-0.2, -0.15) is 0 Å². The lowest BCUT2D eigenvalue weighted by atomic mass is 9.96. The van der Waals surface area contributed by atoms with Gasteiger partial charge >= 0.3 is 0 Å². The Morgan fingerprint density at radius 1 is 1.32 bits per heavy atom. The van der Waals surface area contributed by atoms with Crippen molar-refractivity contribution in [3.63, 3.8) is 0 Å². The number of aryl methyl sites for hydroxylation is 1. The summed E-state index contributed by atoms with van der Waals surface area (Å²) >= 11 is 6.10. The molecular weight excluding hydrogens is 262 g/mol. The molecule has 4 nitrogen and oxygen atoms in total. The van der Waals surface area contributed by atoms with Crippen molar-refractivity contribution < 1.29 is 5.11 Å². The van der Waals surface area contributed by atoms with E-state index in [9.17, 15) is 5.11 Å². The highest BCUT2D eigenvalue weighted by Crippen LogP contribution is 2.27. The molecule has 19 heavy (non-hydrogen) atoms. The highest BCUT2D eigenvalue weighted by Gasteiger charge is 2.25. The number of aliphatic hydroxyl groups is 1. The van der Waals surface area contributed by atoms with Crippen molar-refractivity contribution in [2.45, 2.75) is 19.4 Å². The maximum absolute atomic E-state index is 10.5. The Morgan fingerprint density at radius 3 is 2.74 bits per heavy atom. The van der Waals surface area contributed by atoms with Crippen LogP contribution < -0.4 is 5.32 Å². The zero-order valence-corrected chi connectivity index (χ0v) is 11.6. The molecule has 2 N–H and O–H groups in total. The molecule has 1 atom stereocenters. The number of anilines is 1. The molecule has 0 aliphatic carbocycles. The average Bonchev–Trinajstić information content (AvgIpc) is 2.37. The van der Waals surface area contributed by atoms with Gasteiger partial charge in [0.05, 0.1) is 11.9 Å². The third-order valence-electron chi connectivity index (χ3n) is 2.82. The van der Waals surface area contributed by atoms with Crippen LogP contribution in [0.1, 0.15) is 18.2 Å². The first-order chi connectivity index (χ1) is 8.99. The maximum atomic E-state index is 10.5. The molecule has 0 radical (unpaired) electrons. The summed E-state index contributed by atoms with van der Waals surface area (Å²) in [6.07, 6.45) is 3.30. The van der Waals surface area contributed by atoms with Gasteiger partial charge in [0, 0.05) is 23.3 Å². The van der Waals surface area contributed by atoms with Gasteiger partial charge in [-0.25, -0.2) is 4.98 Å². The Labute approximate surface area is 117 Å². The number of rotatable bonds is 4. The zero-order valence-electron chi connectivity index (χ0n) is 10.9. The fraction of sp³-hybridized carbons (Fsp3) is 0.286. The molecular formula is C14H16ClN3O. The van der Waals surface area contributed by atoms with E-state index >= 15 is 0 Å². The summed E-state index contributed by atoms with van der Waals surface area (Å²) in [5, 5.41) is 14.1. The van der Waals surface area contributed by atoms with Gasteiger partial charge in [-0.1, -0.05) is 29.8 Å². The minimum atomic E-state index is -1.08. The highest BCUT2D eigenvalue weighted by molar-refractivity contribution is 6.31. The summed E-state index contributed by atoms with van der Waals surface area (Å²) in [6, 6.07) is 7.26. The summed E-state index contributed by atoms with van der Waals surface area (Å²) in [5.41, 5.74) is 0.427. The van der Waals surface area contributed by atoms with E-state index in [1.165, 1.54) is 0 Å². The van der Waals surface area contributed by atoms with E-state index < -0.39 is 5.60 Å². The minimum Gasteiger partial charge on any atom is -0.384 e. The van der Waals surface area contributed by atoms with Gasteiger partial charge in [-0.15, -0.1) is 0 Å². The van der Waals surface area contributed by atoms with E-state index in [-0.39, 0.29) is 0 Å². The SMILES string of the molecule is Cc1cncc(NCC(C)(O)c2ccccc2Cl)n1. The van der Waals surface area contributed by atoms with Crippen LogP contribution in [0.4, 0.5) is 5.82 Å². The molecule has 100 valence electrons. The topological polar surface area (TPSA) is 58.0 Å². The van der Waals surface area contributed by atoms with Crippen LogP contribution >= 0.6 is 11.6 Å². The number of halogens is 1. The molecule has 1 aromatic heterocycles. The number of hydrogen-bond donors (Lipinski definition) is 2. The van der Waals surface area contributed by atoms with Gasteiger partial charge in [-0.3, -0.25) is 4.98 Å². The largest absolute Gasteiger partial charge is 0.384 e. The second-order valence-corrected chi connectivity index (χ2v) is 5.06. The molecule has 0 bridgehead atoms. The lowest BCUT2D eigenvalue weighted by Gasteiger charge is -2.25. The van der Waals surface area contributed by atoms with Gasteiger partial charge in [0.1, 0.15) is 11.4 Å². The van der Waals surface area contributed by atoms with E-state index in [0.717, 1.165) is 5.69 Å². The number of nitrogens with one attached hydrogen (secondary N) is 1. The number of nitrogens with zero attached hydrogens (tertiary/aromatic N) is 2. The van der Waals surface area contributed by atoms with Crippen molar-refractivity contribution in [2.24, 2.45) is 0 Å². The van der Waals surface area contributed by atoms with E-state index in [4.69, 9.17) is 11.6 Å². The molecule has 1 heterocycles. The van der Waals surface area contributed by atoms with E-state index in [1.54, 1.807) is 25.4 Å². The lowest BCUT2D eigenvalue weighted by Crippen LogP contribution is -2.31. The fourth-order valence-electron chi connectivity index (χ4n) is 1.80. The summed E-state index contributed by atoms with van der Waals surface area (Å²) in [5.74, 6) is 0.632. The number of benzene rings is 1. The molecule has 1 unspecified atom stereocenters. The standard InChI is InChI=1S/C14H16ClN3O/c1-10-7-16-8-13(18-10)17-9-14(2,19)11-5-3-4-6-12(11)15/h3-8,19H,9H2,1-2H3,(H,17,18). The monoisotopic (exact) mass is 277 g/mol. The van der Waals surface area contributed by atoms with Crippen LogP contribution in [0, 0.1) is 6.92 Å². The normalized spacial score (nSPS) is 13.9. The van der Waals surface area contributed by atoms with Gasteiger partial charge in [0.2, 0.25) is 0 Å². The fourth-order valence-corrected chi connectivity index (χ4v) is 2.14. The Bertz CT molecular complexity index is 572. The van der Waals surface area contributed by atoms with Crippen molar-refractivity contribution in [2.75, 3.05) is 11.9 Å². The third-order valence-corrected chi connectivity index (χ3v) is 3.15. The van der Waals surface area contributed by atoms with E-state index in [0.29, 0.717) is 22.9 Å². The molecule has 0 saturated heterocycles. The van der Waals surface area contributed by atoms with Crippen LogP contribution in [0.2, 0.25) is 5.02 Å². The Kier molecular flexibility index (Phi) is 4.02. The lowest BCUT2D eigenvalue weighted by molar-refractivity contribution is 0.0715. The van der Waals surface area contributed by atoms with Crippen molar-refractivity contribution in [1.82, 2.24) is 9.97 Å². The molecule has 0 saturated carbocycles. The zero-order chi connectivity index (χ0) is 13.9. The van der Waals surface area contributed by atoms with Gasteiger partial charge in [-0.05, 0) is 19.9 Å². The first kappa shape index (κ1) is 13.8. The second-order valence-electron chi connectivity index (χ2n) is 4.65. The summed E-state index contributed by atoms with van der Waals surface area (Å²) in [4.78, 5) is 8.32. The first-order valence-corrected chi connectivity index (χ1v) is 6.37. The van der Waals surface area contributed by atoms with E-state index in [1.807, 2.05) is 25.1 Å². The first-order valence-electron chi connectivity index (χ1n) is 5.99. The number of hydrogen-bond acceptors (Lipinski definition) is 4. The van der Waals surface area contributed by atoms with Crippen LogP contribution in [0.3, 0.4) is 0 Å². The van der Waals surface area contributed by atoms with Crippen molar-refractivity contribution in [3.8, 4) is 0 Å². The van der Waals surface area contributed by atoms with Gasteiger partial charge in [0.15, 0.2) is 0 Å². The third kappa shape index (κ3) is 3.43. The minimum absolute atomic E-state index is 0.300. The van der Waals surface area contributed by atoms with Crippen LogP contribution in [0.25, 0.3) is 0 Å². The summed E-state index contributed by atoms with van der Waals surface area (Å²) in [6.45, 7) is 3.88. The van der Waals surface area contributed by atoms with Crippen LogP contribution in [-0.2, 0) is 5.60 Å². The van der Waals surface area contributed by atoms with Gasteiger partial charge in [0.25, 0.3) is 0 Å². The molecule has 0 fully saturated rings. The molecule has 0 spiro atoms. The molecule has 2 aromatic rings. The maximum Gasteiger partial charge on any atom is 0.144 e. The average molecular weight is 278 g/mol. The van der Waals surface area contributed by atoms with Crippen LogP contribution in [0.5, 0.6) is 0 Å². The predicted octanol–water partition coefficient (Wildman–Crippen LogP) is 2.76. The Morgan fingerprint density at radius 2 is 2.05 bits per heavy atom. The predicted molar refractivity (Wildman–Crippen MR) is 76.3 cm³/mol. The molecule has 0 aliphatic rings. The smallest absolute Gasteiger partial charge is 0.144 e. The van der Waals surface area contributed by atoms with Crippen molar-refractivity contribution in [1.29, 1.82) is 0 Å². The highest BCUT2D eigenvalue weighted by atomic mass is 35.5. The van der Waals surface area contributed by atoms with Crippen LogP contribution in [0.15, 0.2) is 36.7 Å². The van der Waals surface area contributed by atoms with E-state index in [2.05, 4.69) is 15.3 Å². The van der Waals surface area contributed by atoms with Crippen molar-refractivity contribution >= 4 is 17.4 Å². The Hall–Kier alpha value is -1.65. The van der Waals surface area contributed by atoms with Gasteiger partial charge < -0.3 is 10.4 Å². The summed E-state index contributed by atoms with van der Waals surface area (Å²) in [7, 11) is 0. The molecule has 0 amide bonds. The quantitative estimate of drug-likeness (QED) is 0.902. The summed E-state index contributed by atoms with van der Waals surface area (Å²) < 4.78 is 0.